The topological polar surface area (TPSA) is 55.9 Å². The standard InChI is InChI=1S/C23H36N4O2/c1-3-20-10-6-7-11-21(20)24-22(28)18-25-14-16-26(17-15-25)19(2)23(29)27-12-8-4-5-9-13-27/h6-7,10-11,19H,3-5,8-9,12-18H2,1-2H3,(H,24,28)/t19-/m0/s1. The van der Waals surface area contributed by atoms with Crippen molar-refractivity contribution in [2.45, 2.75) is 52.0 Å². The molecule has 6 nitrogen and oxygen atoms in total. The number of likely N-dealkylation sites (tertiary alicyclic amines) is 1. The molecule has 1 atom stereocenters. The molecule has 2 saturated heterocycles. The second-order valence-corrected chi connectivity index (χ2v) is 8.29. The van der Waals surface area contributed by atoms with E-state index in [4.69, 9.17) is 0 Å². The summed E-state index contributed by atoms with van der Waals surface area (Å²) in [5, 5.41) is 3.05. The number of hydrogen-bond acceptors (Lipinski definition) is 4. The molecule has 2 amide bonds. The molecule has 29 heavy (non-hydrogen) atoms. The summed E-state index contributed by atoms with van der Waals surface area (Å²) in [6.45, 7) is 9.65. The van der Waals surface area contributed by atoms with E-state index in [0.29, 0.717) is 6.54 Å². The molecule has 0 aromatic heterocycles. The molecule has 2 aliphatic heterocycles. The molecule has 0 radical (unpaired) electrons. The molecule has 6 heteroatoms. The van der Waals surface area contributed by atoms with Gasteiger partial charge in [-0.3, -0.25) is 19.4 Å². The summed E-state index contributed by atoms with van der Waals surface area (Å²) in [6, 6.07) is 7.90. The zero-order valence-electron chi connectivity index (χ0n) is 18.0. The van der Waals surface area contributed by atoms with Gasteiger partial charge in [0.1, 0.15) is 0 Å². The smallest absolute Gasteiger partial charge is 0.239 e. The van der Waals surface area contributed by atoms with Crippen LogP contribution in [0.5, 0.6) is 0 Å². The van der Waals surface area contributed by atoms with Crippen LogP contribution in [0.25, 0.3) is 0 Å². The lowest BCUT2D eigenvalue weighted by Crippen LogP contribution is -2.55. The van der Waals surface area contributed by atoms with E-state index in [1.807, 2.05) is 25.1 Å². The highest BCUT2D eigenvalue weighted by atomic mass is 16.2. The van der Waals surface area contributed by atoms with E-state index < -0.39 is 0 Å². The van der Waals surface area contributed by atoms with E-state index in [-0.39, 0.29) is 17.9 Å². The van der Waals surface area contributed by atoms with Crippen LogP contribution in [0.2, 0.25) is 0 Å². The minimum absolute atomic E-state index is 0.0352. The van der Waals surface area contributed by atoms with E-state index >= 15 is 0 Å². The zero-order chi connectivity index (χ0) is 20.6. The lowest BCUT2D eigenvalue weighted by atomic mass is 10.1. The highest BCUT2D eigenvalue weighted by Crippen LogP contribution is 2.16. The SMILES string of the molecule is CCc1ccccc1NC(=O)CN1CCN([C@@H](C)C(=O)N2CCCCCC2)CC1. The first-order valence-corrected chi connectivity index (χ1v) is 11.2. The molecule has 0 unspecified atom stereocenters. The van der Waals surface area contributed by atoms with Crippen molar-refractivity contribution >= 4 is 17.5 Å². The fourth-order valence-electron chi connectivity index (χ4n) is 4.36. The first kappa shape index (κ1) is 21.8. The van der Waals surface area contributed by atoms with E-state index in [9.17, 15) is 9.59 Å². The van der Waals surface area contributed by atoms with Crippen LogP contribution >= 0.6 is 0 Å². The fourth-order valence-corrected chi connectivity index (χ4v) is 4.36. The number of amides is 2. The molecular formula is C23H36N4O2. The Bertz CT molecular complexity index is 677. The van der Waals surface area contributed by atoms with Gasteiger partial charge in [0.25, 0.3) is 0 Å². The fraction of sp³-hybridized carbons (Fsp3) is 0.652. The van der Waals surface area contributed by atoms with Gasteiger partial charge < -0.3 is 10.2 Å². The summed E-state index contributed by atoms with van der Waals surface area (Å²) in [7, 11) is 0. The number of carbonyl (C=O) groups is 2. The normalized spacial score (nSPS) is 20.1. The number of aryl methyl sites for hydroxylation is 1. The maximum absolute atomic E-state index is 12.9. The molecule has 1 aromatic carbocycles. The lowest BCUT2D eigenvalue weighted by molar-refractivity contribution is -0.137. The predicted molar refractivity (Wildman–Crippen MR) is 117 cm³/mol. The van der Waals surface area contributed by atoms with Crippen molar-refractivity contribution in [2.24, 2.45) is 0 Å². The van der Waals surface area contributed by atoms with Crippen molar-refractivity contribution in [3.8, 4) is 0 Å². The van der Waals surface area contributed by atoms with Crippen LogP contribution < -0.4 is 5.32 Å². The van der Waals surface area contributed by atoms with Crippen LogP contribution in [0.1, 0.15) is 45.1 Å². The van der Waals surface area contributed by atoms with Crippen LogP contribution in [0, 0.1) is 0 Å². The van der Waals surface area contributed by atoms with Gasteiger partial charge >= 0.3 is 0 Å². The van der Waals surface area contributed by atoms with E-state index in [1.165, 1.54) is 12.8 Å². The van der Waals surface area contributed by atoms with Crippen molar-refractivity contribution in [3.05, 3.63) is 29.8 Å². The third-order valence-electron chi connectivity index (χ3n) is 6.27. The van der Waals surface area contributed by atoms with Crippen LogP contribution in [-0.4, -0.2) is 78.4 Å². The van der Waals surface area contributed by atoms with Crippen LogP contribution in [-0.2, 0) is 16.0 Å². The third kappa shape index (κ3) is 6.03. The second-order valence-electron chi connectivity index (χ2n) is 8.29. The van der Waals surface area contributed by atoms with Gasteiger partial charge in [0.05, 0.1) is 12.6 Å². The number of nitrogens with zero attached hydrogens (tertiary/aromatic N) is 3. The quantitative estimate of drug-likeness (QED) is 0.798. The van der Waals surface area contributed by atoms with Gasteiger partial charge in [-0.05, 0) is 37.8 Å². The molecular weight excluding hydrogens is 364 g/mol. The summed E-state index contributed by atoms with van der Waals surface area (Å²) in [5.74, 6) is 0.308. The lowest BCUT2D eigenvalue weighted by Gasteiger charge is -2.38. The Morgan fingerprint density at radius 3 is 2.28 bits per heavy atom. The largest absolute Gasteiger partial charge is 0.341 e. The zero-order valence-corrected chi connectivity index (χ0v) is 18.0. The van der Waals surface area contributed by atoms with E-state index in [1.54, 1.807) is 0 Å². The van der Waals surface area contributed by atoms with Gasteiger partial charge in [-0.2, -0.15) is 0 Å². The number of nitrogens with one attached hydrogen (secondary N) is 1. The van der Waals surface area contributed by atoms with Crippen molar-refractivity contribution in [2.75, 3.05) is 51.1 Å². The number of rotatable bonds is 6. The summed E-state index contributed by atoms with van der Waals surface area (Å²) in [4.78, 5) is 31.9. The maximum Gasteiger partial charge on any atom is 0.239 e. The Hall–Kier alpha value is -1.92. The average Bonchev–Trinajstić information content (AvgIpc) is 3.03. The van der Waals surface area contributed by atoms with Crippen LogP contribution in [0.3, 0.4) is 0 Å². The Kier molecular flexibility index (Phi) is 8.07. The minimum Gasteiger partial charge on any atom is -0.341 e. The van der Waals surface area contributed by atoms with Gasteiger partial charge in [0, 0.05) is 45.0 Å². The first-order valence-electron chi connectivity index (χ1n) is 11.2. The molecule has 3 rings (SSSR count). The number of piperazine rings is 1. The minimum atomic E-state index is -0.0690. The molecule has 0 aliphatic carbocycles. The molecule has 0 saturated carbocycles. The average molecular weight is 401 g/mol. The van der Waals surface area contributed by atoms with Gasteiger partial charge in [0.2, 0.25) is 11.8 Å². The summed E-state index contributed by atoms with van der Waals surface area (Å²) in [5.41, 5.74) is 2.07. The van der Waals surface area contributed by atoms with Crippen molar-refractivity contribution in [1.29, 1.82) is 0 Å². The van der Waals surface area contributed by atoms with E-state index in [0.717, 1.165) is 69.8 Å². The maximum atomic E-state index is 12.9. The monoisotopic (exact) mass is 400 g/mol. The highest BCUT2D eigenvalue weighted by Gasteiger charge is 2.29. The summed E-state index contributed by atoms with van der Waals surface area (Å²) < 4.78 is 0. The predicted octanol–water partition coefficient (Wildman–Crippen LogP) is 2.60. The van der Waals surface area contributed by atoms with Gasteiger partial charge in [0.15, 0.2) is 0 Å². The Balaban J connectivity index is 1.44. The number of carbonyl (C=O) groups excluding carboxylic acids is 2. The number of anilines is 1. The summed E-state index contributed by atoms with van der Waals surface area (Å²) >= 11 is 0. The number of benzene rings is 1. The molecule has 2 fully saturated rings. The van der Waals surface area contributed by atoms with Crippen LogP contribution in [0.4, 0.5) is 5.69 Å². The second kappa shape index (κ2) is 10.7. The molecule has 0 bridgehead atoms. The molecule has 2 aliphatic rings. The Labute approximate surface area is 175 Å². The number of hydrogen-bond donors (Lipinski definition) is 1. The third-order valence-corrected chi connectivity index (χ3v) is 6.27. The Morgan fingerprint density at radius 2 is 1.62 bits per heavy atom. The van der Waals surface area contributed by atoms with Crippen LogP contribution in [0.15, 0.2) is 24.3 Å². The van der Waals surface area contributed by atoms with Crippen molar-refractivity contribution in [3.63, 3.8) is 0 Å². The van der Waals surface area contributed by atoms with Gasteiger partial charge in [-0.25, -0.2) is 0 Å². The molecule has 0 spiro atoms. The Morgan fingerprint density at radius 1 is 0.966 bits per heavy atom. The molecule has 160 valence electrons. The molecule has 1 aromatic rings. The van der Waals surface area contributed by atoms with Crippen molar-refractivity contribution < 1.29 is 9.59 Å². The van der Waals surface area contributed by atoms with Crippen molar-refractivity contribution in [1.82, 2.24) is 14.7 Å². The van der Waals surface area contributed by atoms with E-state index in [2.05, 4.69) is 33.0 Å². The number of para-hydroxylation sites is 1. The first-order chi connectivity index (χ1) is 14.1. The van der Waals surface area contributed by atoms with Gasteiger partial charge in [-0.1, -0.05) is 38.0 Å². The van der Waals surface area contributed by atoms with Gasteiger partial charge in [-0.15, -0.1) is 0 Å². The summed E-state index contributed by atoms with van der Waals surface area (Å²) in [6.07, 6.45) is 5.63. The highest BCUT2D eigenvalue weighted by molar-refractivity contribution is 5.93. The molecule has 2 heterocycles. The molecule has 1 N–H and O–H groups in total.